The highest BCUT2D eigenvalue weighted by molar-refractivity contribution is 6.00. The minimum atomic E-state index is -0.674. The van der Waals surface area contributed by atoms with Crippen LogP contribution < -0.4 is 10.9 Å². The molecule has 0 saturated carbocycles. The van der Waals surface area contributed by atoms with Crippen molar-refractivity contribution in [1.29, 1.82) is 0 Å². The molecule has 1 aliphatic rings. The third-order valence-corrected chi connectivity index (χ3v) is 5.54. The number of Topliss-reactive ketones (excluding diaryl/α,β-unsaturated/α-hetero) is 1. The molecule has 4 rings (SSSR count). The summed E-state index contributed by atoms with van der Waals surface area (Å²) in [5.74, 6) is -0.569. The van der Waals surface area contributed by atoms with E-state index in [9.17, 15) is 18.8 Å². The third-order valence-electron chi connectivity index (χ3n) is 5.54. The number of carbonyl (C=O) groups is 2. The third kappa shape index (κ3) is 4.23. The maximum atomic E-state index is 13.4. The van der Waals surface area contributed by atoms with Crippen LogP contribution in [0.2, 0.25) is 0 Å². The highest BCUT2D eigenvalue weighted by atomic mass is 19.1. The van der Waals surface area contributed by atoms with Crippen LogP contribution in [0.3, 0.4) is 0 Å². The number of amides is 2. The Morgan fingerprint density at radius 1 is 1.06 bits per heavy atom. The highest BCUT2D eigenvalue weighted by Gasteiger charge is 2.30. The zero-order chi connectivity index (χ0) is 22.8. The lowest BCUT2D eigenvalue weighted by molar-refractivity contribution is -0.115. The predicted octanol–water partition coefficient (Wildman–Crippen LogP) is 3.68. The molecule has 32 heavy (non-hydrogen) atoms. The molecule has 2 heterocycles. The molecule has 3 aromatic rings. The van der Waals surface area contributed by atoms with Gasteiger partial charge in [-0.25, -0.2) is 9.18 Å². The molecule has 6 nitrogen and oxygen atoms in total. The van der Waals surface area contributed by atoms with Crippen molar-refractivity contribution in [1.82, 2.24) is 14.8 Å². The molecule has 0 aliphatic carbocycles. The number of carbonyl (C=O) groups excluding carboxylic acids is 2. The van der Waals surface area contributed by atoms with Gasteiger partial charge in [-0.2, -0.15) is 0 Å². The number of ketones is 1. The highest BCUT2D eigenvalue weighted by Crippen LogP contribution is 2.28. The number of aromatic nitrogens is 1. The van der Waals surface area contributed by atoms with E-state index < -0.39 is 11.9 Å². The van der Waals surface area contributed by atoms with Crippen LogP contribution in [0.5, 0.6) is 0 Å². The topological polar surface area (TPSA) is 71.4 Å². The molecule has 162 valence electrons. The van der Waals surface area contributed by atoms with Crippen LogP contribution >= 0.6 is 0 Å². The molecule has 0 saturated heterocycles. The summed E-state index contributed by atoms with van der Waals surface area (Å²) in [4.78, 5) is 39.1. The summed E-state index contributed by atoms with van der Waals surface area (Å²) < 4.78 is 14.9. The van der Waals surface area contributed by atoms with Gasteiger partial charge in [0.15, 0.2) is 5.78 Å². The van der Waals surface area contributed by atoms with Gasteiger partial charge in [-0.05, 0) is 53.9 Å². The van der Waals surface area contributed by atoms with Crippen LogP contribution in [-0.2, 0) is 11.2 Å². The number of hydrogen-bond donors (Lipinski definition) is 1. The summed E-state index contributed by atoms with van der Waals surface area (Å²) in [6, 6.07) is 15.1. The van der Waals surface area contributed by atoms with Gasteiger partial charge in [0, 0.05) is 43.2 Å². The molecule has 2 amide bonds. The van der Waals surface area contributed by atoms with Gasteiger partial charge in [-0.3, -0.25) is 14.2 Å². The molecule has 0 unspecified atom stereocenters. The number of benzene rings is 2. The van der Waals surface area contributed by atoms with E-state index in [0.717, 1.165) is 11.1 Å². The standard InChI is InChI=1S/C25H22FN3O3/c1-16-6-11-20(29-12-4-3-5-23(29)31)13-18(16)14-22(30)21-15-28(2)25(32)27-24(21)17-7-9-19(26)10-8-17/h3-13,15,24H,14H2,1-2H3,(H,27,32)/t24-/m0/s1. The number of pyridine rings is 1. The number of nitrogens with zero attached hydrogens (tertiary/aromatic N) is 2. The van der Waals surface area contributed by atoms with Crippen molar-refractivity contribution in [3.63, 3.8) is 0 Å². The van der Waals surface area contributed by atoms with E-state index in [1.54, 1.807) is 37.5 Å². The predicted molar refractivity (Wildman–Crippen MR) is 119 cm³/mol. The van der Waals surface area contributed by atoms with Crippen LogP contribution in [0.4, 0.5) is 9.18 Å². The molecule has 1 atom stereocenters. The van der Waals surface area contributed by atoms with Gasteiger partial charge in [0.25, 0.3) is 5.56 Å². The van der Waals surface area contributed by atoms with Crippen LogP contribution in [0.25, 0.3) is 5.69 Å². The van der Waals surface area contributed by atoms with Crippen molar-refractivity contribution in [3.05, 3.63) is 111 Å². The fraction of sp³-hybridized carbons (Fsp3) is 0.160. The SMILES string of the molecule is Cc1ccc(-n2ccccc2=O)cc1CC(=O)C1=CN(C)C(=O)N[C@H]1c1ccc(F)cc1. The number of nitrogens with one attached hydrogen (secondary N) is 1. The van der Waals surface area contributed by atoms with E-state index in [2.05, 4.69) is 5.32 Å². The number of rotatable bonds is 5. The van der Waals surface area contributed by atoms with E-state index in [4.69, 9.17) is 0 Å². The molecular weight excluding hydrogens is 409 g/mol. The number of aryl methyl sites for hydroxylation is 1. The van der Waals surface area contributed by atoms with E-state index >= 15 is 0 Å². The van der Waals surface area contributed by atoms with E-state index in [-0.39, 0.29) is 23.8 Å². The lowest BCUT2D eigenvalue weighted by Gasteiger charge is -2.30. The Balaban J connectivity index is 1.67. The maximum Gasteiger partial charge on any atom is 0.321 e. The molecule has 1 N–H and O–H groups in total. The molecule has 0 bridgehead atoms. The molecule has 0 fully saturated rings. The average molecular weight is 431 g/mol. The van der Waals surface area contributed by atoms with Gasteiger partial charge in [-0.1, -0.05) is 24.3 Å². The number of hydrogen-bond acceptors (Lipinski definition) is 3. The minimum absolute atomic E-state index is 0.0918. The zero-order valence-corrected chi connectivity index (χ0v) is 17.7. The van der Waals surface area contributed by atoms with Gasteiger partial charge in [0.1, 0.15) is 5.82 Å². The molecule has 0 spiro atoms. The molecule has 1 aromatic heterocycles. The van der Waals surface area contributed by atoms with Crippen LogP contribution in [0.1, 0.15) is 22.7 Å². The van der Waals surface area contributed by atoms with Gasteiger partial charge in [0.2, 0.25) is 0 Å². The lowest BCUT2D eigenvalue weighted by Crippen LogP contribution is -2.43. The summed E-state index contributed by atoms with van der Waals surface area (Å²) in [5, 5.41) is 2.81. The fourth-order valence-corrected chi connectivity index (χ4v) is 3.71. The van der Waals surface area contributed by atoms with Crippen molar-refractivity contribution in [2.24, 2.45) is 0 Å². The van der Waals surface area contributed by atoms with Crippen LogP contribution in [0, 0.1) is 12.7 Å². The largest absolute Gasteiger partial charge is 0.327 e. The average Bonchev–Trinajstić information content (AvgIpc) is 2.78. The zero-order valence-electron chi connectivity index (χ0n) is 17.7. The van der Waals surface area contributed by atoms with Crippen molar-refractivity contribution < 1.29 is 14.0 Å². The second-order valence-corrected chi connectivity index (χ2v) is 7.75. The van der Waals surface area contributed by atoms with Crippen molar-refractivity contribution in [3.8, 4) is 5.69 Å². The lowest BCUT2D eigenvalue weighted by atomic mass is 9.91. The summed E-state index contributed by atoms with van der Waals surface area (Å²) in [6.07, 6.45) is 3.29. The summed E-state index contributed by atoms with van der Waals surface area (Å²) >= 11 is 0. The van der Waals surface area contributed by atoms with Gasteiger partial charge in [0.05, 0.1) is 6.04 Å². The summed E-state index contributed by atoms with van der Waals surface area (Å²) in [6.45, 7) is 1.90. The van der Waals surface area contributed by atoms with E-state index in [0.29, 0.717) is 16.8 Å². The van der Waals surface area contributed by atoms with Crippen molar-refractivity contribution in [2.75, 3.05) is 7.05 Å². The fourth-order valence-electron chi connectivity index (χ4n) is 3.71. The quantitative estimate of drug-likeness (QED) is 0.670. The Hall–Kier alpha value is -4.00. The van der Waals surface area contributed by atoms with Crippen LogP contribution in [0.15, 0.2) is 83.4 Å². The summed E-state index contributed by atoms with van der Waals surface area (Å²) in [5.41, 5.74) is 3.22. The first-order chi connectivity index (χ1) is 15.3. The smallest absolute Gasteiger partial charge is 0.321 e. The molecular formula is C25H22FN3O3. The normalized spacial score (nSPS) is 15.8. The maximum absolute atomic E-state index is 13.4. The second kappa shape index (κ2) is 8.63. The Bertz CT molecular complexity index is 1280. The Kier molecular flexibility index (Phi) is 5.73. The molecule has 2 aromatic carbocycles. The van der Waals surface area contributed by atoms with Crippen LogP contribution in [-0.4, -0.2) is 28.3 Å². The molecule has 7 heteroatoms. The van der Waals surface area contributed by atoms with E-state index in [1.807, 2.05) is 25.1 Å². The first-order valence-electron chi connectivity index (χ1n) is 10.1. The first kappa shape index (κ1) is 21.2. The Morgan fingerprint density at radius 3 is 2.53 bits per heavy atom. The first-order valence-corrected chi connectivity index (χ1v) is 10.1. The number of halogens is 1. The Morgan fingerprint density at radius 2 is 1.81 bits per heavy atom. The van der Waals surface area contributed by atoms with Crippen molar-refractivity contribution >= 4 is 11.8 Å². The number of urea groups is 1. The van der Waals surface area contributed by atoms with Gasteiger partial charge in [-0.15, -0.1) is 0 Å². The second-order valence-electron chi connectivity index (χ2n) is 7.75. The molecule has 0 radical (unpaired) electrons. The molecule has 1 aliphatic heterocycles. The Labute approximate surface area is 184 Å². The van der Waals surface area contributed by atoms with Gasteiger partial charge < -0.3 is 10.2 Å². The van der Waals surface area contributed by atoms with Gasteiger partial charge >= 0.3 is 6.03 Å². The summed E-state index contributed by atoms with van der Waals surface area (Å²) in [7, 11) is 1.57. The van der Waals surface area contributed by atoms with Crippen molar-refractivity contribution in [2.45, 2.75) is 19.4 Å². The van der Waals surface area contributed by atoms with E-state index in [1.165, 1.54) is 33.9 Å². The minimum Gasteiger partial charge on any atom is -0.327 e. The monoisotopic (exact) mass is 431 g/mol.